The van der Waals surface area contributed by atoms with Gasteiger partial charge < -0.3 is 10.1 Å². The topological polar surface area (TPSA) is 39.1 Å². The largest absolute Gasteiger partial charge is 0.497 e. The number of benzene rings is 1. The zero-order chi connectivity index (χ0) is 15.4. The molecule has 1 fully saturated rings. The maximum Gasteiger partial charge on any atom is 0.126 e. The van der Waals surface area contributed by atoms with Gasteiger partial charge in [-0.05, 0) is 78.6 Å². The van der Waals surface area contributed by atoms with Crippen LogP contribution >= 0.6 is 22.6 Å². The molecule has 0 spiro atoms. The van der Waals surface area contributed by atoms with E-state index >= 15 is 0 Å². The molecule has 0 amide bonds. The van der Waals surface area contributed by atoms with Gasteiger partial charge in [-0.1, -0.05) is 12.1 Å². The summed E-state index contributed by atoms with van der Waals surface area (Å²) in [5.41, 5.74) is 2.63. The lowest BCUT2D eigenvalue weighted by Crippen LogP contribution is -2.28. The Balaban J connectivity index is 1.65. The fourth-order valence-electron chi connectivity index (χ4n) is 2.97. The zero-order valence-electron chi connectivity index (χ0n) is 12.9. The van der Waals surface area contributed by atoms with Crippen LogP contribution in [0.25, 0.3) is 0 Å². The number of nitrogens with one attached hydrogen (secondary N) is 1. The predicted molar refractivity (Wildman–Crippen MR) is 96.3 cm³/mol. The number of nitrogens with zero attached hydrogens (tertiary/aromatic N) is 2. The Hall–Kier alpha value is -1.08. The Morgan fingerprint density at radius 1 is 1.27 bits per heavy atom. The van der Waals surface area contributed by atoms with Crippen LogP contribution in [0.3, 0.4) is 0 Å². The monoisotopic (exact) mass is 411 g/mol. The summed E-state index contributed by atoms with van der Waals surface area (Å²) >= 11 is 2.36. The van der Waals surface area contributed by atoms with Crippen LogP contribution in [0.1, 0.15) is 24.0 Å². The van der Waals surface area contributed by atoms with Gasteiger partial charge in [0.1, 0.15) is 9.45 Å². The van der Waals surface area contributed by atoms with Crippen LogP contribution in [0.4, 0.5) is 0 Å². The third kappa shape index (κ3) is 4.01. The van der Waals surface area contributed by atoms with Crippen molar-refractivity contribution in [2.45, 2.75) is 25.8 Å². The van der Waals surface area contributed by atoms with Crippen LogP contribution in [0, 0.1) is 9.62 Å². The Kier molecular flexibility index (Phi) is 5.36. The second-order valence-electron chi connectivity index (χ2n) is 5.89. The van der Waals surface area contributed by atoms with Crippen molar-refractivity contribution in [3.63, 3.8) is 0 Å². The first-order valence-corrected chi connectivity index (χ1v) is 8.88. The molecule has 2 heterocycles. The van der Waals surface area contributed by atoms with Gasteiger partial charge in [-0.3, -0.25) is 4.68 Å². The third-order valence-electron chi connectivity index (χ3n) is 4.26. The highest BCUT2D eigenvalue weighted by Gasteiger charge is 2.16. The molecule has 0 bridgehead atoms. The van der Waals surface area contributed by atoms with Crippen molar-refractivity contribution in [2.24, 2.45) is 5.92 Å². The van der Waals surface area contributed by atoms with E-state index in [-0.39, 0.29) is 0 Å². The standard InChI is InChI=1S/C17H22IN3O/c1-22-16-4-2-14(3-5-16)11-21-12-15(17(18)20-21)10-13-6-8-19-9-7-13/h2-5,12-13,19H,6-11H2,1H3. The van der Waals surface area contributed by atoms with Crippen molar-refractivity contribution in [1.82, 2.24) is 15.1 Å². The molecular weight excluding hydrogens is 389 g/mol. The summed E-state index contributed by atoms with van der Waals surface area (Å²) in [5.74, 6) is 1.69. The smallest absolute Gasteiger partial charge is 0.126 e. The van der Waals surface area contributed by atoms with Crippen molar-refractivity contribution >= 4 is 22.6 Å². The number of halogens is 1. The molecule has 0 atom stereocenters. The van der Waals surface area contributed by atoms with Crippen LogP contribution < -0.4 is 10.1 Å². The maximum absolute atomic E-state index is 5.20. The van der Waals surface area contributed by atoms with Gasteiger partial charge in [-0.2, -0.15) is 5.10 Å². The van der Waals surface area contributed by atoms with E-state index in [9.17, 15) is 0 Å². The Labute approximate surface area is 145 Å². The van der Waals surface area contributed by atoms with Crippen molar-refractivity contribution in [2.75, 3.05) is 20.2 Å². The average molecular weight is 411 g/mol. The zero-order valence-corrected chi connectivity index (χ0v) is 15.0. The number of rotatable bonds is 5. The fraction of sp³-hybridized carbons (Fsp3) is 0.471. The molecule has 0 radical (unpaired) electrons. The first-order valence-electron chi connectivity index (χ1n) is 7.80. The number of hydrogen-bond acceptors (Lipinski definition) is 3. The molecule has 1 aromatic heterocycles. The van der Waals surface area contributed by atoms with Gasteiger partial charge in [0.15, 0.2) is 0 Å². The second-order valence-corrected chi connectivity index (χ2v) is 6.91. The quantitative estimate of drug-likeness (QED) is 0.769. The second kappa shape index (κ2) is 7.46. The molecule has 1 aromatic carbocycles. The molecule has 118 valence electrons. The minimum absolute atomic E-state index is 0.799. The SMILES string of the molecule is COc1ccc(Cn2cc(CC3CCNCC3)c(I)n2)cc1. The summed E-state index contributed by atoms with van der Waals surface area (Å²) in [6.07, 6.45) is 5.93. The van der Waals surface area contributed by atoms with E-state index in [1.807, 2.05) is 12.1 Å². The molecule has 5 heteroatoms. The van der Waals surface area contributed by atoms with Gasteiger partial charge in [-0.15, -0.1) is 0 Å². The van der Waals surface area contributed by atoms with E-state index in [0.717, 1.165) is 41.4 Å². The van der Waals surface area contributed by atoms with E-state index in [1.54, 1.807) is 7.11 Å². The molecule has 1 saturated heterocycles. The minimum Gasteiger partial charge on any atom is -0.497 e. The lowest BCUT2D eigenvalue weighted by molar-refractivity contribution is 0.372. The molecule has 22 heavy (non-hydrogen) atoms. The van der Waals surface area contributed by atoms with Crippen molar-refractivity contribution < 1.29 is 4.74 Å². The lowest BCUT2D eigenvalue weighted by Gasteiger charge is -2.21. The number of ether oxygens (including phenoxy) is 1. The number of methoxy groups -OCH3 is 1. The van der Waals surface area contributed by atoms with Gasteiger partial charge in [0.2, 0.25) is 0 Å². The summed E-state index contributed by atoms with van der Waals surface area (Å²) in [4.78, 5) is 0. The van der Waals surface area contributed by atoms with E-state index < -0.39 is 0 Å². The van der Waals surface area contributed by atoms with E-state index in [1.165, 1.54) is 24.0 Å². The molecule has 3 rings (SSSR count). The lowest BCUT2D eigenvalue weighted by atomic mass is 9.92. The van der Waals surface area contributed by atoms with Gasteiger partial charge in [0.25, 0.3) is 0 Å². The van der Waals surface area contributed by atoms with Gasteiger partial charge in [0, 0.05) is 11.8 Å². The van der Waals surface area contributed by atoms with E-state index in [2.05, 4.69) is 56.0 Å². The summed E-state index contributed by atoms with van der Waals surface area (Å²) < 4.78 is 8.40. The van der Waals surface area contributed by atoms with Gasteiger partial charge >= 0.3 is 0 Å². The van der Waals surface area contributed by atoms with Crippen molar-refractivity contribution in [3.8, 4) is 5.75 Å². The summed E-state index contributed by atoms with van der Waals surface area (Å²) in [6, 6.07) is 8.19. The van der Waals surface area contributed by atoms with Gasteiger partial charge in [0.05, 0.1) is 13.7 Å². The van der Waals surface area contributed by atoms with Crippen molar-refractivity contribution in [3.05, 3.63) is 45.3 Å². The molecule has 0 saturated carbocycles. The third-order valence-corrected chi connectivity index (χ3v) is 5.17. The van der Waals surface area contributed by atoms with Crippen LogP contribution in [0.5, 0.6) is 5.75 Å². The van der Waals surface area contributed by atoms with E-state index in [0.29, 0.717) is 0 Å². The Morgan fingerprint density at radius 3 is 2.68 bits per heavy atom. The summed E-state index contributed by atoms with van der Waals surface area (Å²) in [6.45, 7) is 3.12. The summed E-state index contributed by atoms with van der Waals surface area (Å²) in [5, 5.41) is 8.10. The molecule has 1 aliphatic rings. The first kappa shape index (κ1) is 15.8. The maximum atomic E-state index is 5.20. The molecule has 0 aliphatic carbocycles. The van der Waals surface area contributed by atoms with Crippen LogP contribution in [0.15, 0.2) is 30.5 Å². The summed E-state index contributed by atoms with van der Waals surface area (Å²) in [7, 11) is 1.69. The minimum atomic E-state index is 0.799. The number of piperidine rings is 1. The number of aromatic nitrogens is 2. The van der Waals surface area contributed by atoms with Gasteiger partial charge in [-0.25, -0.2) is 0 Å². The molecule has 4 nitrogen and oxygen atoms in total. The highest BCUT2D eigenvalue weighted by atomic mass is 127. The van der Waals surface area contributed by atoms with Crippen LogP contribution in [-0.2, 0) is 13.0 Å². The molecule has 2 aromatic rings. The van der Waals surface area contributed by atoms with Crippen LogP contribution in [-0.4, -0.2) is 30.0 Å². The number of hydrogen-bond donors (Lipinski definition) is 1. The molecule has 1 aliphatic heterocycles. The first-order chi connectivity index (χ1) is 10.7. The van der Waals surface area contributed by atoms with Crippen molar-refractivity contribution in [1.29, 1.82) is 0 Å². The molecule has 0 unspecified atom stereocenters. The van der Waals surface area contributed by atoms with E-state index in [4.69, 9.17) is 4.74 Å². The molecule has 1 N–H and O–H groups in total. The Bertz CT molecular complexity index is 603. The van der Waals surface area contributed by atoms with Crippen LogP contribution in [0.2, 0.25) is 0 Å². The highest BCUT2D eigenvalue weighted by Crippen LogP contribution is 2.21. The predicted octanol–water partition coefficient (Wildman–Crippen LogP) is 3.09. The fourth-order valence-corrected chi connectivity index (χ4v) is 3.61. The average Bonchev–Trinajstić information content (AvgIpc) is 2.88. The highest BCUT2D eigenvalue weighted by molar-refractivity contribution is 14.1. The normalized spacial score (nSPS) is 15.9. The Morgan fingerprint density at radius 2 is 2.00 bits per heavy atom. The molecular formula is C17H22IN3O.